The summed E-state index contributed by atoms with van der Waals surface area (Å²) in [6, 6.07) is 4.78. The van der Waals surface area contributed by atoms with Gasteiger partial charge in [0.15, 0.2) is 0 Å². The van der Waals surface area contributed by atoms with E-state index in [1.54, 1.807) is 0 Å². The molecule has 1 aromatic rings. The summed E-state index contributed by atoms with van der Waals surface area (Å²) in [7, 11) is 4.06. The summed E-state index contributed by atoms with van der Waals surface area (Å²) < 4.78 is 0. The van der Waals surface area contributed by atoms with Crippen molar-refractivity contribution in [1.29, 1.82) is 0 Å². The standard InChI is InChI=1S/C13H23N3/c1-5-6-11(2)16(4)13-8-7-12(9-14-3)10-15-13/h7-8,10-11,14H,5-6,9H2,1-4H3. The molecule has 0 amide bonds. The van der Waals surface area contributed by atoms with Gasteiger partial charge in [-0.2, -0.15) is 0 Å². The van der Waals surface area contributed by atoms with Crippen LogP contribution >= 0.6 is 0 Å². The smallest absolute Gasteiger partial charge is 0.128 e. The average molecular weight is 221 g/mol. The van der Waals surface area contributed by atoms with Gasteiger partial charge in [0.2, 0.25) is 0 Å². The van der Waals surface area contributed by atoms with Gasteiger partial charge in [0.1, 0.15) is 5.82 Å². The van der Waals surface area contributed by atoms with E-state index in [0.29, 0.717) is 6.04 Å². The van der Waals surface area contributed by atoms with E-state index in [-0.39, 0.29) is 0 Å². The molecule has 90 valence electrons. The van der Waals surface area contributed by atoms with Gasteiger partial charge < -0.3 is 10.2 Å². The van der Waals surface area contributed by atoms with Gasteiger partial charge >= 0.3 is 0 Å². The normalized spacial score (nSPS) is 12.5. The number of aromatic nitrogens is 1. The Morgan fingerprint density at radius 3 is 2.69 bits per heavy atom. The Balaban J connectivity index is 2.65. The van der Waals surface area contributed by atoms with Gasteiger partial charge in [0.05, 0.1) is 0 Å². The molecule has 1 N–H and O–H groups in total. The number of hydrogen-bond donors (Lipinski definition) is 1. The third-order valence-corrected chi connectivity index (χ3v) is 2.92. The van der Waals surface area contributed by atoms with Gasteiger partial charge in [-0.25, -0.2) is 4.98 Å². The van der Waals surface area contributed by atoms with E-state index >= 15 is 0 Å². The fourth-order valence-corrected chi connectivity index (χ4v) is 1.77. The lowest BCUT2D eigenvalue weighted by molar-refractivity contribution is 0.611. The lowest BCUT2D eigenvalue weighted by Crippen LogP contribution is -2.29. The second kappa shape index (κ2) is 6.48. The highest BCUT2D eigenvalue weighted by Crippen LogP contribution is 2.14. The molecule has 0 aliphatic rings. The third kappa shape index (κ3) is 3.49. The summed E-state index contributed by atoms with van der Waals surface area (Å²) >= 11 is 0. The molecule has 1 unspecified atom stereocenters. The Labute approximate surface area is 98.9 Å². The maximum absolute atomic E-state index is 4.49. The molecule has 3 heteroatoms. The lowest BCUT2D eigenvalue weighted by atomic mass is 10.1. The highest BCUT2D eigenvalue weighted by Gasteiger charge is 2.09. The first-order valence-corrected chi connectivity index (χ1v) is 6.01. The molecule has 1 aromatic heterocycles. The van der Waals surface area contributed by atoms with E-state index in [0.717, 1.165) is 12.4 Å². The van der Waals surface area contributed by atoms with Crippen LogP contribution in [0.3, 0.4) is 0 Å². The van der Waals surface area contributed by atoms with Crippen LogP contribution in [0, 0.1) is 0 Å². The van der Waals surface area contributed by atoms with Gasteiger partial charge in [-0.1, -0.05) is 19.4 Å². The average Bonchev–Trinajstić information content (AvgIpc) is 2.30. The molecule has 0 bridgehead atoms. The van der Waals surface area contributed by atoms with E-state index in [2.05, 4.69) is 48.2 Å². The van der Waals surface area contributed by atoms with Crippen molar-refractivity contribution in [1.82, 2.24) is 10.3 Å². The molecule has 16 heavy (non-hydrogen) atoms. The minimum atomic E-state index is 0.549. The van der Waals surface area contributed by atoms with Crippen LogP contribution in [0.4, 0.5) is 5.82 Å². The van der Waals surface area contributed by atoms with Crippen LogP contribution in [0.1, 0.15) is 32.3 Å². The largest absolute Gasteiger partial charge is 0.357 e. The van der Waals surface area contributed by atoms with Gasteiger partial charge in [0.25, 0.3) is 0 Å². The number of hydrogen-bond acceptors (Lipinski definition) is 3. The molecular weight excluding hydrogens is 198 g/mol. The first kappa shape index (κ1) is 13.0. The SMILES string of the molecule is CCCC(C)N(C)c1ccc(CNC)cn1. The van der Waals surface area contributed by atoms with Gasteiger partial charge in [-0.15, -0.1) is 0 Å². The minimum Gasteiger partial charge on any atom is -0.357 e. The van der Waals surface area contributed by atoms with Crippen LogP contribution in [0.15, 0.2) is 18.3 Å². The molecule has 0 fully saturated rings. The monoisotopic (exact) mass is 221 g/mol. The zero-order valence-corrected chi connectivity index (χ0v) is 10.8. The highest BCUT2D eigenvalue weighted by atomic mass is 15.2. The minimum absolute atomic E-state index is 0.549. The quantitative estimate of drug-likeness (QED) is 0.799. The summed E-state index contributed by atoms with van der Waals surface area (Å²) in [6.45, 7) is 5.34. The molecule has 0 aliphatic carbocycles. The lowest BCUT2D eigenvalue weighted by Gasteiger charge is -2.25. The Bertz CT molecular complexity index is 295. The predicted octanol–water partition coefficient (Wildman–Crippen LogP) is 2.43. The second-order valence-corrected chi connectivity index (χ2v) is 4.30. The van der Waals surface area contributed by atoms with E-state index in [4.69, 9.17) is 0 Å². The molecular formula is C13H23N3. The van der Waals surface area contributed by atoms with Crippen molar-refractivity contribution in [2.75, 3.05) is 19.0 Å². The van der Waals surface area contributed by atoms with Crippen LogP contribution in [0.2, 0.25) is 0 Å². The molecule has 0 saturated heterocycles. The van der Waals surface area contributed by atoms with E-state index in [9.17, 15) is 0 Å². The topological polar surface area (TPSA) is 28.2 Å². The molecule has 0 aliphatic heterocycles. The molecule has 1 rings (SSSR count). The molecule has 0 spiro atoms. The van der Waals surface area contributed by atoms with Crippen molar-refractivity contribution in [2.24, 2.45) is 0 Å². The summed E-state index contributed by atoms with van der Waals surface area (Å²) in [6.07, 6.45) is 4.36. The Kier molecular flexibility index (Phi) is 5.26. The molecule has 0 aromatic carbocycles. The van der Waals surface area contributed by atoms with Crippen LogP contribution in [0.5, 0.6) is 0 Å². The van der Waals surface area contributed by atoms with Crippen molar-refractivity contribution < 1.29 is 0 Å². The zero-order chi connectivity index (χ0) is 12.0. The van der Waals surface area contributed by atoms with Crippen molar-refractivity contribution in [3.05, 3.63) is 23.9 Å². The molecule has 0 saturated carbocycles. The van der Waals surface area contributed by atoms with Gasteiger partial charge in [0, 0.05) is 25.8 Å². The van der Waals surface area contributed by atoms with Gasteiger partial charge in [-0.05, 0) is 32.0 Å². The van der Waals surface area contributed by atoms with Crippen molar-refractivity contribution in [3.8, 4) is 0 Å². The van der Waals surface area contributed by atoms with Crippen LogP contribution in [-0.4, -0.2) is 25.1 Å². The molecule has 1 heterocycles. The third-order valence-electron chi connectivity index (χ3n) is 2.92. The fourth-order valence-electron chi connectivity index (χ4n) is 1.77. The second-order valence-electron chi connectivity index (χ2n) is 4.30. The molecule has 1 atom stereocenters. The molecule has 3 nitrogen and oxygen atoms in total. The number of rotatable bonds is 6. The van der Waals surface area contributed by atoms with Crippen LogP contribution in [0.25, 0.3) is 0 Å². The van der Waals surface area contributed by atoms with Crippen molar-refractivity contribution >= 4 is 5.82 Å². The van der Waals surface area contributed by atoms with Crippen molar-refractivity contribution in [3.63, 3.8) is 0 Å². The van der Waals surface area contributed by atoms with Crippen LogP contribution in [-0.2, 0) is 6.54 Å². The maximum Gasteiger partial charge on any atom is 0.128 e. The first-order valence-electron chi connectivity index (χ1n) is 6.01. The summed E-state index contributed by atoms with van der Waals surface area (Å²) in [5.74, 6) is 1.06. The number of pyridine rings is 1. The molecule has 0 radical (unpaired) electrons. The number of nitrogens with one attached hydrogen (secondary N) is 1. The summed E-state index contributed by atoms with van der Waals surface area (Å²) in [5, 5.41) is 3.12. The number of nitrogens with zero attached hydrogens (tertiary/aromatic N) is 2. The highest BCUT2D eigenvalue weighted by molar-refractivity contribution is 5.39. The van der Waals surface area contributed by atoms with E-state index in [1.807, 2.05) is 13.2 Å². The predicted molar refractivity (Wildman–Crippen MR) is 69.8 cm³/mol. The van der Waals surface area contributed by atoms with E-state index < -0.39 is 0 Å². The fraction of sp³-hybridized carbons (Fsp3) is 0.615. The zero-order valence-electron chi connectivity index (χ0n) is 10.8. The van der Waals surface area contributed by atoms with Crippen molar-refractivity contribution in [2.45, 2.75) is 39.3 Å². The Morgan fingerprint density at radius 2 is 2.19 bits per heavy atom. The Hall–Kier alpha value is -1.09. The summed E-state index contributed by atoms with van der Waals surface area (Å²) in [4.78, 5) is 6.73. The number of anilines is 1. The maximum atomic E-state index is 4.49. The van der Waals surface area contributed by atoms with E-state index in [1.165, 1.54) is 18.4 Å². The summed E-state index contributed by atoms with van der Waals surface area (Å²) in [5.41, 5.74) is 1.22. The van der Waals surface area contributed by atoms with Crippen LogP contribution < -0.4 is 10.2 Å². The first-order chi connectivity index (χ1) is 7.69. The Morgan fingerprint density at radius 1 is 1.44 bits per heavy atom. The van der Waals surface area contributed by atoms with Gasteiger partial charge in [-0.3, -0.25) is 0 Å².